The molecule has 0 atom stereocenters. The smallest absolute Gasteiger partial charge is 0.399 e. The molecule has 1 fully saturated rings. The van der Waals surface area contributed by atoms with Gasteiger partial charge in [-0.25, -0.2) is 4.39 Å². The molecule has 2 aromatic rings. The van der Waals surface area contributed by atoms with Crippen LogP contribution in [0, 0.1) is 17.1 Å². The Hall–Kier alpha value is -2.40. The second-order valence-corrected chi connectivity index (χ2v) is 8.35. The van der Waals surface area contributed by atoms with E-state index in [1.807, 2.05) is 33.8 Å². The van der Waals surface area contributed by atoms with E-state index in [9.17, 15) is 14.4 Å². The fourth-order valence-corrected chi connectivity index (χ4v) is 3.16. The maximum atomic E-state index is 14.8. The molecule has 2 aromatic carbocycles. The molecular weight excluding hydrogens is 394 g/mol. The van der Waals surface area contributed by atoms with Gasteiger partial charge in [0.2, 0.25) is 5.91 Å². The van der Waals surface area contributed by atoms with Crippen LogP contribution in [0.5, 0.6) is 0 Å². The van der Waals surface area contributed by atoms with Crippen molar-refractivity contribution < 1.29 is 18.5 Å². The Kier molecular flexibility index (Phi) is 5.73. The molecule has 0 bridgehead atoms. The molecule has 0 spiro atoms. The van der Waals surface area contributed by atoms with Gasteiger partial charge in [-0.15, -0.1) is 0 Å². The van der Waals surface area contributed by atoms with E-state index in [0.717, 1.165) is 0 Å². The first-order chi connectivity index (χ1) is 13.5. The monoisotopic (exact) mass is 414 g/mol. The second-order valence-electron chi connectivity index (χ2n) is 7.94. The highest BCUT2D eigenvalue weighted by molar-refractivity contribution is 6.62. The van der Waals surface area contributed by atoms with Crippen molar-refractivity contribution in [3.8, 4) is 6.07 Å². The number of benzene rings is 2. The molecule has 1 amide bonds. The number of nitriles is 1. The Balaban J connectivity index is 1.84. The molecule has 1 aliphatic heterocycles. The van der Waals surface area contributed by atoms with Crippen LogP contribution in [-0.4, -0.2) is 24.2 Å². The molecule has 5 nitrogen and oxygen atoms in total. The minimum Gasteiger partial charge on any atom is -0.399 e. The van der Waals surface area contributed by atoms with Crippen LogP contribution in [0.3, 0.4) is 0 Å². The first-order valence-corrected chi connectivity index (χ1v) is 9.54. The van der Waals surface area contributed by atoms with E-state index in [4.69, 9.17) is 20.9 Å². The van der Waals surface area contributed by atoms with Crippen molar-refractivity contribution in [2.45, 2.75) is 45.3 Å². The van der Waals surface area contributed by atoms with Gasteiger partial charge in [-0.1, -0.05) is 29.8 Å². The van der Waals surface area contributed by atoms with E-state index in [1.54, 1.807) is 24.3 Å². The summed E-state index contributed by atoms with van der Waals surface area (Å²) in [6.07, 6.45) is -0.0387. The van der Waals surface area contributed by atoms with E-state index < -0.39 is 30.0 Å². The number of halogens is 2. The van der Waals surface area contributed by atoms with E-state index in [2.05, 4.69) is 5.32 Å². The van der Waals surface area contributed by atoms with Gasteiger partial charge < -0.3 is 14.6 Å². The van der Waals surface area contributed by atoms with Crippen molar-refractivity contribution in [3.05, 3.63) is 58.4 Å². The van der Waals surface area contributed by atoms with Crippen LogP contribution in [0.4, 0.5) is 10.1 Å². The third-order valence-electron chi connectivity index (χ3n) is 5.33. The molecule has 0 radical (unpaired) electrons. The predicted octanol–water partition coefficient (Wildman–Crippen LogP) is 3.83. The van der Waals surface area contributed by atoms with E-state index in [1.165, 1.54) is 12.1 Å². The Morgan fingerprint density at radius 3 is 2.41 bits per heavy atom. The number of carbonyl (C=O) groups excluding carboxylic acids is 1. The summed E-state index contributed by atoms with van der Waals surface area (Å²) in [4.78, 5) is 12.4. The van der Waals surface area contributed by atoms with Crippen LogP contribution in [0.15, 0.2) is 36.4 Å². The zero-order valence-corrected chi connectivity index (χ0v) is 17.4. The molecule has 8 heteroatoms. The molecular formula is C21H21BClFN2O3. The first kappa shape index (κ1) is 21.3. The standard InChI is InChI=1S/C21H21BClFN2O3/c1-20(2)21(3,4)29-22(28-20)15-9-14(12-25)19(17(24)11-15)26-18(27)10-13-7-5-6-8-16(13)23/h5-9,11H,10H2,1-4H3,(H,26,27). The van der Waals surface area contributed by atoms with Gasteiger partial charge in [-0.2, -0.15) is 5.26 Å². The zero-order valence-electron chi connectivity index (χ0n) is 16.7. The molecule has 0 unspecified atom stereocenters. The molecule has 1 aliphatic rings. The van der Waals surface area contributed by atoms with E-state index >= 15 is 0 Å². The van der Waals surface area contributed by atoms with Crippen molar-refractivity contribution in [1.29, 1.82) is 5.26 Å². The van der Waals surface area contributed by atoms with E-state index in [-0.39, 0.29) is 17.7 Å². The molecule has 0 aromatic heterocycles. The van der Waals surface area contributed by atoms with Crippen LogP contribution >= 0.6 is 11.6 Å². The molecule has 1 N–H and O–H groups in total. The largest absolute Gasteiger partial charge is 0.494 e. The third-order valence-corrected chi connectivity index (χ3v) is 5.70. The maximum absolute atomic E-state index is 14.8. The quantitative estimate of drug-likeness (QED) is 0.772. The van der Waals surface area contributed by atoms with Gasteiger partial charge in [-0.3, -0.25) is 4.79 Å². The summed E-state index contributed by atoms with van der Waals surface area (Å²) in [5, 5.41) is 12.4. The molecule has 0 aliphatic carbocycles. The summed E-state index contributed by atoms with van der Waals surface area (Å²) in [5.41, 5.74) is -0.390. The van der Waals surface area contributed by atoms with Gasteiger partial charge in [0.15, 0.2) is 0 Å². The fourth-order valence-electron chi connectivity index (χ4n) is 2.96. The summed E-state index contributed by atoms with van der Waals surface area (Å²) < 4.78 is 26.6. The summed E-state index contributed by atoms with van der Waals surface area (Å²) in [6, 6.07) is 11.5. The summed E-state index contributed by atoms with van der Waals surface area (Å²) in [6.45, 7) is 7.55. The topological polar surface area (TPSA) is 71.3 Å². The molecule has 150 valence electrons. The van der Waals surface area contributed by atoms with Gasteiger partial charge in [0.1, 0.15) is 11.9 Å². The van der Waals surface area contributed by atoms with Gasteiger partial charge in [0.25, 0.3) is 0 Å². The Morgan fingerprint density at radius 2 is 1.83 bits per heavy atom. The van der Waals surface area contributed by atoms with E-state index in [0.29, 0.717) is 16.0 Å². The average Bonchev–Trinajstić information content (AvgIpc) is 2.86. The number of nitrogens with zero attached hydrogens (tertiary/aromatic N) is 1. The summed E-state index contributed by atoms with van der Waals surface area (Å²) in [7, 11) is -0.811. The van der Waals surface area contributed by atoms with Crippen molar-refractivity contribution in [2.24, 2.45) is 0 Å². The lowest BCUT2D eigenvalue weighted by atomic mass is 9.78. The summed E-state index contributed by atoms with van der Waals surface area (Å²) in [5.74, 6) is -1.21. The number of hydrogen-bond acceptors (Lipinski definition) is 4. The number of carbonyl (C=O) groups is 1. The number of rotatable bonds is 4. The van der Waals surface area contributed by atoms with Gasteiger partial charge in [-0.05, 0) is 56.9 Å². The number of hydrogen-bond donors (Lipinski definition) is 1. The zero-order chi connectivity index (χ0) is 21.4. The van der Waals surface area contributed by atoms with Crippen LogP contribution in [0.25, 0.3) is 0 Å². The number of anilines is 1. The van der Waals surface area contributed by atoms with Gasteiger partial charge in [0, 0.05) is 5.02 Å². The van der Waals surface area contributed by atoms with Crippen molar-refractivity contribution in [3.63, 3.8) is 0 Å². The van der Waals surface area contributed by atoms with Crippen LogP contribution in [0.2, 0.25) is 5.02 Å². The first-order valence-electron chi connectivity index (χ1n) is 9.16. The van der Waals surface area contributed by atoms with Gasteiger partial charge in [0.05, 0.1) is 28.9 Å². The maximum Gasteiger partial charge on any atom is 0.494 e. The third kappa shape index (κ3) is 4.30. The lowest BCUT2D eigenvalue weighted by molar-refractivity contribution is -0.115. The predicted molar refractivity (Wildman–Crippen MR) is 111 cm³/mol. The minimum absolute atomic E-state index is 0.0118. The SMILES string of the molecule is CC1(C)OB(c2cc(F)c(NC(=O)Cc3ccccc3Cl)c(C#N)c2)OC1(C)C. The highest BCUT2D eigenvalue weighted by Gasteiger charge is 2.52. The molecule has 3 rings (SSSR count). The fraction of sp³-hybridized carbons (Fsp3) is 0.333. The number of nitrogens with one attached hydrogen (secondary N) is 1. The Morgan fingerprint density at radius 1 is 1.21 bits per heavy atom. The molecule has 1 saturated heterocycles. The lowest BCUT2D eigenvalue weighted by Crippen LogP contribution is -2.41. The van der Waals surface area contributed by atoms with Crippen LogP contribution in [0.1, 0.15) is 38.8 Å². The van der Waals surface area contributed by atoms with Gasteiger partial charge >= 0.3 is 7.12 Å². The molecule has 1 heterocycles. The average molecular weight is 415 g/mol. The Labute approximate surface area is 174 Å². The highest BCUT2D eigenvalue weighted by atomic mass is 35.5. The lowest BCUT2D eigenvalue weighted by Gasteiger charge is -2.32. The second kappa shape index (κ2) is 7.79. The highest BCUT2D eigenvalue weighted by Crippen LogP contribution is 2.36. The van der Waals surface area contributed by atoms with Crippen molar-refractivity contribution in [1.82, 2.24) is 0 Å². The van der Waals surface area contributed by atoms with Crippen molar-refractivity contribution in [2.75, 3.05) is 5.32 Å². The summed E-state index contributed by atoms with van der Waals surface area (Å²) >= 11 is 6.07. The Bertz CT molecular complexity index is 988. The van der Waals surface area contributed by atoms with Crippen LogP contribution < -0.4 is 10.8 Å². The van der Waals surface area contributed by atoms with Crippen LogP contribution in [-0.2, 0) is 20.5 Å². The molecule has 29 heavy (non-hydrogen) atoms. The molecule has 0 saturated carbocycles. The normalized spacial score (nSPS) is 17.1. The van der Waals surface area contributed by atoms with Crippen molar-refractivity contribution >= 4 is 35.8 Å². The number of amides is 1. The minimum atomic E-state index is -0.811.